The molecule has 4 aromatic rings. The van der Waals surface area contributed by atoms with Crippen molar-refractivity contribution in [3.05, 3.63) is 76.4 Å². The molecule has 1 aliphatic heterocycles. The first-order valence-corrected chi connectivity index (χ1v) is 14.7. The highest BCUT2D eigenvalue weighted by Crippen LogP contribution is 2.36. The van der Waals surface area contributed by atoms with Crippen LogP contribution in [-0.4, -0.2) is 62.1 Å². The summed E-state index contributed by atoms with van der Waals surface area (Å²) in [4.78, 5) is 14.5. The number of sulfone groups is 1. The van der Waals surface area contributed by atoms with Crippen LogP contribution in [0.1, 0.15) is 24.2 Å². The van der Waals surface area contributed by atoms with Crippen LogP contribution in [0.25, 0.3) is 16.7 Å². The summed E-state index contributed by atoms with van der Waals surface area (Å²) in [5.74, 6) is 0.792. The Balaban J connectivity index is 1.49. The van der Waals surface area contributed by atoms with Crippen LogP contribution in [0.5, 0.6) is 0 Å². The van der Waals surface area contributed by atoms with Gasteiger partial charge in [-0.05, 0) is 61.0 Å². The highest BCUT2D eigenvalue weighted by molar-refractivity contribution is 7.91. The van der Waals surface area contributed by atoms with Gasteiger partial charge in [-0.3, -0.25) is 9.36 Å². The van der Waals surface area contributed by atoms with Crippen molar-refractivity contribution < 1.29 is 22.7 Å². The summed E-state index contributed by atoms with van der Waals surface area (Å²) in [6, 6.07) is 15.0. The van der Waals surface area contributed by atoms with E-state index in [4.69, 9.17) is 32.7 Å². The molecule has 1 aliphatic rings. The summed E-state index contributed by atoms with van der Waals surface area (Å²) < 4.78 is 39.8. The van der Waals surface area contributed by atoms with Crippen LogP contribution in [0.15, 0.2) is 65.7 Å². The van der Waals surface area contributed by atoms with E-state index in [0.717, 1.165) is 29.8 Å². The molecule has 0 N–H and O–H groups in total. The second-order valence-electron chi connectivity index (χ2n) is 9.00. The van der Waals surface area contributed by atoms with Gasteiger partial charge in [0, 0.05) is 34.7 Å². The van der Waals surface area contributed by atoms with E-state index >= 15 is 0 Å². The maximum atomic E-state index is 13.7. The van der Waals surface area contributed by atoms with Crippen molar-refractivity contribution in [1.29, 1.82) is 0 Å². The Kier molecular flexibility index (Phi) is 8.08. The number of nitrogens with zero attached hydrogens (tertiary/aromatic N) is 4. The van der Waals surface area contributed by atoms with E-state index in [1.54, 1.807) is 25.1 Å². The Morgan fingerprint density at radius 1 is 1.00 bits per heavy atom. The second-order valence-corrected chi connectivity index (χ2v) is 12.0. The lowest BCUT2D eigenvalue weighted by Gasteiger charge is -2.27. The second kappa shape index (κ2) is 11.5. The van der Waals surface area contributed by atoms with Gasteiger partial charge >= 0.3 is 5.97 Å². The minimum Gasteiger partial charge on any atom is -0.466 e. The van der Waals surface area contributed by atoms with Crippen molar-refractivity contribution in [2.45, 2.75) is 23.5 Å². The predicted molar refractivity (Wildman–Crippen MR) is 150 cm³/mol. The molecule has 1 unspecified atom stereocenters. The summed E-state index contributed by atoms with van der Waals surface area (Å²) in [6.07, 6.45) is 1.49. The van der Waals surface area contributed by atoms with Crippen molar-refractivity contribution in [3.8, 4) is 5.82 Å². The summed E-state index contributed by atoms with van der Waals surface area (Å²) in [5, 5.41) is 8.74. The SMILES string of the molecule is CCOC(=O)CC(c1ccc2c(ccn2-c2ccc(N3CCOCC3)nn2)c1)S(=O)(=O)c1cc(Cl)cc(Cl)c1. The largest absolute Gasteiger partial charge is 0.466 e. The fourth-order valence-corrected chi connectivity index (χ4v) is 7.03. The molecule has 9 nitrogen and oxygen atoms in total. The normalized spacial score (nSPS) is 14.9. The minimum absolute atomic E-state index is 0.0670. The number of carbonyl (C=O) groups is 1. The lowest BCUT2D eigenvalue weighted by molar-refractivity contribution is -0.143. The minimum atomic E-state index is -4.05. The first-order chi connectivity index (χ1) is 18.8. The van der Waals surface area contributed by atoms with Crippen molar-refractivity contribution >= 4 is 55.7 Å². The van der Waals surface area contributed by atoms with Gasteiger partial charge in [-0.2, -0.15) is 0 Å². The fraction of sp³-hybridized carbons (Fsp3) is 0.296. The summed E-state index contributed by atoms with van der Waals surface area (Å²) in [7, 11) is -4.05. The third-order valence-corrected chi connectivity index (χ3v) is 9.02. The van der Waals surface area contributed by atoms with E-state index in [2.05, 4.69) is 15.1 Å². The average molecular weight is 590 g/mol. The zero-order valence-electron chi connectivity index (χ0n) is 21.1. The Labute approximate surface area is 236 Å². The number of aromatic nitrogens is 3. The number of benzene rings is 2. The molecule has 12 heteroatoms. The molecule has 0 aliphatic carbocycles. The van der Waals surface area contributed by atoms with Crippen LogP contribution in [0.2, 0.25) is 10.0 Å². The van der Waals surface area contributed by atoms with E-state index in [1.807, 2.05) is 29.0 Å². The topological polar surface area (TPSA) is 104 Å². The maximum absolute atomic E-state index is 13.7. The van der Waals surface area contributed by atoms with Gasteiger partial charge in [0.1, 0.15) is 5.25 Å². The molecule has 0 spiro atoms. The quantitative estimate of drug-likeness (QED) is 0.264. The number of morpholine rings is 1. The molecule has 1 fully saturated rings. The summed E-state index contributed by atoms with van der Waals surface area (Å²) in [6.45, 7) is 4.66. The average Bonchev–Trinajstić information content (AvgIpc) is 3.35. The van der Waals surface area contributed by atoms with Crippen LogP contribution >= 0.6 is 23.2 Å². The summed E-state index contributed by atoms with van der Waals surface area (Å²) in [5.41, 5.74) is 1.25. The third-order valence-electron chi connectivity index (χ3n) is 6.50. The third kappa shape index (κ3) is 5.89. The van der Waals surface area contributed by atoms with Crippen LogP contribution in [0.4, 0.5) is 5.82 Å². The fourth-order valence-electron chi connectivity index (χ4n) is 4.60. The molecule has 0 saturated carbocycles. The molecule has 5 rings (SSSR count). The monoisotopic (exact) mass is 588 g/mol. The lowest BCUT2D eigenvalue weighted by Crippen LogP contribution is -2.36. The van der Waals surface area contributed by atoms with E-state index in [9.17, 15) is 13.2 Å². The Morgan fingerprint density at radius 3 is 2.36 bits per heavy atom. The molecule has 0 radical (unpaired) electrons. The molecular weight excluding hydrogens is 563 g/mol. The number of hydrogen-bond acceptors (Lipinski definition) is 8. The number of rotatable bonds is 8. The molecule has 39 heavy (non-hydrogen) atoms. The predicted octanol–water partition coefficient (Wildman–Crippen LogP) is 5.03. The molecule has 3 heterocycles. The van der Waals surface area contributed by atoms with Crippen molar-refractivity contribution in [2.24, 2.45) is 0 Å². The molecule has 2 aromatic heterocycles. The van der Waals surface area contributed by atoms with Crippen LogP contribution < -0.4 is 4.90 Å². The van der Waals surface area contributed by atoms with Gasteiger partial charge in [-0.1, -0.05) is 29.3 Å². The number of fused-ring (bicyclic) bond motifs is 1. The number of ether oxygens (including phenoxy) is 2. The smallest absolute Gasteiger partial charge is 0.307 e. The first-order valence-electron chi connectivity index (χ1n) is 12.4. The van der Waals surface area contributed by atoms with Gasteiger partial charge in [-0.25, -0.2) is 8.42 Å². The van der Waals surface area contributed by atoms with Crippen molar-refractivity contribution in [3.63, 3.8) is 0 Å². The molecule has 1 atom stereocenters. The number of halogens is 2. The Bertz CT molecular complexity index is 1580. The molecule has 0 bridgehead atoms. The molecule has 204 valence electrons. The zero-order chi connectivity index (χ0) is 27.6. The van der Waals surface area contributed by atoms with Gasteiger partial charge in [-0.15, -0.1) is 10.2 Å². The van der Waals surface area contributed by atoms with Crippen molar-refractivity contribution in [2.75, 3.05) is 37.8 Å². The van der Waals surface area contributed by atoms with Gasteiger partial charge in [0.15, 0.2) is 21.5 Å². The zero-order valence-corrected chi connectivity index (χ0v) is 23.4. The maximum Gasteiger partial charge on any atom is 0.307 e. The Hall–Kier alpha value is -3.18. The van der Waals surface area contributed by atoms with Gasteiger partial charge in [0.2, 0.25) is 0 Å². The Morgan fingerprint density at radius 2 is 1.69 bits per heavy atom. The molecule has 2 aromatic carbocycles. The van der Waals surface area contributed by atoms with Crippen LogP contribution in [0, 0.1) is 0 Å². The molecule has 1 saturated heterocycles. The highest BCUT2D eigenvalue weighted by Gasteiger charge is 2.33. The van der Waals surface area contributed by atoms with Crippen LogP contribution in [-0.2, 0) is 24.1 Å². The number of esters is 1. The van der Waals surface area contributed by atoms with Gasteiger partial charge < -0.3 is 14.4 Å². The number of hydrogen-bond donors (Lipinski definition) is 0. The summed E-state index contributed by atoms with van der Waals surface area (Å²) >= 11 is 12.2. The van der Waals surface area contributed by atoms with E-state index < -0.39 is 21.1 Å². The number of carbonyl (C=O) groups excluding carboxylic acids is 1. The van der Waals surface area contributed by atoms with Gasteiger partial charge in [0.25, 0.3) is 0 Å². The molecular formula is C27H26Cl2N4O5S. The van der Waals surface area contributed by atoms with Crippen LogP contribution in [0.3, 0.4) is 0 Å². The van der Waals surface area contributed by atoms with E-state index in [-0.39, 0.29) is 28.0 Å². The standard InChI is InChI=1S/C27H26Cl2N4O5S/c1-2-38-27(34)17-24(39(35,36)22-15-20(28)14-21(29)16-22)19-3-4-23-18(13-19)7-8-33(23)26-6-5-25(30-31-26)32-9-11-37-12-10-32/h3-8,13-16,24H,2,9-12,17H2,1H3. The number of anilines is 1. The van der Waals surface area contributed by atoms with E-state index in [1.165, 1.54) is 18.2 Å². The highest BCUT2D eigenvalue weighted by atomic mass is 35.5. The van der Waals surface area contributed by atoms with Gasteiger partial charge in [0.05, 0.1) is 36.7 Å². The van der Waals surface area contributed by atoms with E-state index in [0.29, 0.717) is 24.6 Å². The van der Waals surface area contributed by atoms with Crippen molar-refractivity contribution in [1.82, 2.24) is 14.8 Å². The molecule has 0 amide bonds. The first kappa shape index (κ1) is 27.4. The lowest BCUT2D eigenvalue weighted by atomic mass is 10.1.